The van der Waals surface area contributed by atoms with E-state index < -0.39 is 15.8 Å². The van der Waals surface area contributed by atoms with Crippen molar-refractivity contribution in [2.75, 3.05) is 11.3 Å². The molecule has 6 nitrogen and oxygen atoms in total. The normalized spacial score (nSPS) is 12.2. The maximum atomic E-state index is 14.3. The van der Waals surface area contributed by atoms with Gasteiger partial charge in [-0.25, -0.2) is 17.8 Å². The van der Waals surface area contributed by atoms with Gasteiger partial charge in [-0.15, -0.1) is 0 Å². The van der Waals surface area contributed by atoms with E-state index in [9.17, 15) is 12.8 Å². The van der Waals surface area contributed by atoms with E-state index in [-0.39, 0.29) is 21.0 Å². The molecule has 1 aromatic heterocycles. The van der Waals surface area contributed by atoms with Gasteiger partial charge in [0, 0.05) is 18.7 Å². The van der Waals surface area contributed by atoms with Gasteiger partial charge >= 0.3 is 0 Å². The van der Waals surface area contributed by atoms with E-state index in [1.54, 1.807) is 30.5 Å². The number of anilines is 1. The Labute approximate surface area is 193 Å². The van der Waals surface area contributed by atoms with Crippen molar-refractivity contribution in [1.82, 2.24) is 14.9 Å². The Kier molecular flexibility index (Phi) is 6.97. The van der Waals surface area contributed by atoms with Crippen LogP contribution in [0.25, 0.3) is 11.3 Å². The van der Waals surface area contributed by atoms with Crippen molar-refractivity contribution >= 4 is 27.3 Å². The highest BCUT2D eigenvalue weighted by atomic mass is 35.5. The summed E-state index contributed by atoms with van der Waals surface area (Å²) < 4.78 is 44.8. The molecule has 3 rings (SSSR count). The zero-order chi connectivity index (χ0) is 23.7. The second-order valence-electron chi connectivity index (χ2n) is 8.59. The van der Waals surface area contributed by atoms with Crippen LogP contribution < -0.4 is 10.0 Å². The lowest BCUT2D eigenvalue weighted by molar-refractivity contribution is 0.587. The van der Waals surface area contributed by atoms with Gasteiger partial charge in [-0.3, -0.25) is 4.72 Å². The Bertz CT molecular complexity index is 1220. The smallest absolute Gasteiger partial charge is 0.261 e. The van der Waals surface area contributed by atoms with Crippen molar-refractivity contribution in [3.8, 4) is 11.3 Å². The Morgan fingerprint density at radius 1 is 1.16 bits per heavy atom. The van der Waals surface area contributed by atoms with Gasteiger partial charge in [-0.2, -0.15) is 0 Å². The van der Waals surface area contributed by atoms with E-state index in [1.165, 1.54) is 6.07 Å². The van der Waals surface area contributed by atoms with Gasteiger partial charge < -0.3 is 9.88 Å². The molecule has 3 aromatic rings. The van der Waals surface area contributed by atoms with Crippen molar-refractivity contribution in [1.29, 1.82) is 0 Å². The van der Waals surface area contributed by atoms with Crippen LogP contribution >= 0.6 is 11.6 Å². The molecule has 0 aliphatic carbocycles. The molecule has 0 aliphatic heterocycles. The van der Waals surface area contributed by atoms with Crippen molar-refractivity contribution in [2.24, 2.45) is 7.05 Å². The van der Waals surface area contributed by atoms with E-state index in [0.29, 0.717) is 17.8 Å². The lowest BCUT2D eigenvalue weighted by Crippen LogP contribution is -2.16. The number of rotatable bonds is 7. The number of hydrogen-bond donors (Lipinski definition) is 2. The third-order valence-corrected chi connectivity index (χ3v) is 6.90. The fourth-order valence-corrected chi connectivity index (χ4v) is 4.51. The lowest BCUT2D eigenvalue weighted by Gasteiger charge is -2.19. The first-order chi connectivity index (χ1) is 14.9. The minimum atomic E-state index is -3.96. The number of benzene rings is 2. The van der Waals surface area contributed by atoms with Crippen LogP contribution in [0.4, 0.5) is 10.1 Å². The predicted molar refractivity (Wildman–Crippen MR) is 127 cm³/mol. The Hall–Kier alpha value is -2.42. The predicted octanol–water partition coefficient (Wildman–Crippen LogP) is 5.09. The molecule has 32 heavy (non-hydrogen) atoms. The number of halogens is 2. The molecule has 0 fully saturated rings. The van der Waals surface area contributed by atoms with Gasteiger partial charge in [0.2, 0.25) is 0 Å². The average Bonchev–Trinajstić information content (AvgIpc) is 3.08. The zero-order valence-electron chi connectivity index (χ0n) is 18.8. The quantitative estimate of drug-likeness (QED) is 0.496. The van der Waals surface area contributed by atoms with Crippen LogP contribution in [0.15, 0.2) is 47.5 Å². The number of nitrogens with one attached hydrogen (secondary N) is 2. The van der Waals surface area contributed by atoms with E-state index in [1.807, 2.05) is 18.5 Å². The van der Waals surface area contributed by atoms with Crippen LogP contribution in [0.5, 0.6) is 0 Å². The summed E-state index contributed by atoms with van der Waals surface area (Å²) in [6.45, 7) is 9.47. The molecule has 0 spiro atoms. The summed E-state index contributed by atoms with van der Waals surface area (Å²) >= 11 is 6.03. The molecule has 9 heteroatoms. The molecule has 0 saturated heterocycles. The molecule has 0 aliphatic rings. The minimum absolute atomic E-state index is 0.0876. The molecule has 0 saturated carbocycles. The van der Waals surface area contributed by atoms with Crippen LogP contribution in [0, 0.1) is 5.82 Å². The fraction of sp³-hybridized carbons (Fsp3) is 0.348. The Morgan fingerprint density at radius 3 is 2.41 bits per heavy atom. The first-order valence-electron chi connectivity index (χ1n) is 10.3. The minimum Gasteiger partial charge on any atom is -0.330 e. The third-order valence-electron chi connectivity index (χ3n) is 5.23. The second-order valence-corrected chi connectivity index (χ2v) is 10.7. The van der Waals surface area contributed by atoms with Gasteiger partial charge in [-0.05, 0) is 35.7 Å². The van der Waals surface area contributed by atoms with Crippen LogP contribution in [0.2, 0.25) is 5.02 Å². The van der Waals surface area contributed by atoms with E-state index >= 15 is 0 Å². The molecule has 2 N–H and O–H groups in total. The number of nitrogens with zero attached hydrogens (tertiary/aromatic N) is 2. The molecule has 1 heterocycles. The fourth-order valence-electron chi connectivity index (χ4n) is 3.28. The third kappa shape index (κ3) is 5.14. The number of aromatic nitrogens is 2. The van der Waals surface area contributed by atoms with Crippen molar-refractivity contribution in [2.45, 2.75) is 44.6 Å². The van der Waals surface area contributed by atoms with Crippen LogP contribution in [0.3, 0.4) is 0 Å². The summed E-state index contributed by atoms with van der Waals surface area (Å²) in [5, 5.41) is 3.09. The Balaban J connectivity index is 2.02. The SMILES string of the molecule is CCNCc1ncc(-c2cc(Cl)c(F)cc2NS(=O)(=O)c2ccc(C(C)(C)C)cc2)n1C. The monoisotopic (exact) mass is 478 g/mol. The lowest BCUT2D eigenvalue weighted by atomic mass is 9.87. The van der Waals surface area contributed by atoms with Gasteiger partial charge in [0.05, 0.1) is 34.0 Å². The summed E-state index contributed by atoms with van der Waals surface area (Å²) in [7, 11) is -2.14. The molecule has 0 bridgehead atoms. The van der Waals surface area contributed by atoms with Gasteiger partial charge in [-0.1, -0.05) is 51.4 Å². The molecule has 172 valence electrons. The highest BCUT2D eigenvalue weighted by Crippen LogP contribution is 2.34. The van der Waals surface area contributed by atoms with Gasteiger partial charge in [0.15, 0.2) is 0 Å². The van der Waals surface area contributed by atoms with Gasteiger partial charge in [0.25, 0.3) is 10.0 Å². The number of imidazole rings is 1. The molecular formula is C23H28ClFN4O2S. The summed E-state index contributed by atoms with van der Waals surface area (Å²) in [5.74, 6) is 0.0418. The number of sulfonamides is 1. The highest BCUT2D eigenvalue weighted by Gasteiger charge is 2.22. The van der Waals surface area contributed by atoms with Crippen molar-refractivity contribution in [3.63, 3.8) is 0 Å². The molecule has 0 atom stereocenters. The molecule has 0 amide bonds. The van der Waals surface area contributed by atoms with E-state index in [2.05, 4.69) is 35.8 Å². The van der Waals surface area contributed by atoms with Crippen LogP contribution in [-0.2, 0) is 29.0 Å². The zero-order valence-corrected chi connectivity index (χ0v) is 20.4. The van der Waals surface area contributed by atoms with Crippen molar-refractivity contribution < 1.29 is 12.8 Å². The first kappa shape index (κ1) is 24.2. The largest absolute Gasteiger partial charge is 0.330 e. The summed E-state index contributed by atoms with van der Waals surface area (Å²) in [5.41, 5.74) is 2.04. The Morgan fingerprint density at radius 2 is 1.81 bits per heavy atom. The topological polar surface area (TPSA) is 76.0 Å². The summed E-state index contributed by atoms with van der Waals surface area (Å²) in [6.07, 6.45) is 1.62. The standard InChI is InChI=1S/C23H28ClFN4O2S/c1-6-26-14-22-27-13-21(29(22)5)17-11-18(24)19(25)12-20(17)28-32(30,31)16-9-7-15(8-10-16)23(2,3)4/h7-13,26,28H,6,14H2,1-5H3. The van der Waals surface area contributed by atoms with Gasteiger partial charge in [0.1, 0.15) is 11.6 Å². The van der Waals surface area contributed by atoms with E-state index in [4.69, 9.17) is 11.6 Å². The second kappa shape index (κ2) is 9.21. The average molecular weight is 479 g/mol. The first-order valence-corrected chi connectivity index (χ1v) is 12.1. The van der Waals surface area contributed by atoms with E-state index in [0.717, 1.165) is 24.0 Å². The molecule has 0 radical (unpaired) electrons. The van der Waals surface area contributed by atoms with Crippen molar-refractivity contribution in [3.05, 3.63) is 64.8 Å². The summed E-state index contributed by atoms with van der Waals surface area (Å²) in [4.78, 5) is 4.48. The molecular weight excluding hydrogens is 451 g/mol. The highest BCUT2D eigenvalue weighted by molar-refractivity contribution is 7.92. The molecule has 2 aromatic carbocycles. The maximum absolute atomic E-state index is 14.3. The maximum Gasteiger partial charge on any atom is 0.261 e. The summed E-state index contributed by atoms with van der Waals surface area (Å²) in [6, 6.07) is 9.17. The van der Waals surface area contributed by atoms with Crippen LogP contribution in [-0.4, -0.2) is 24.5 Å². The molecule has 0 unspecified atom stereocenters. The number of hydrogen-bond acceptors (Lipinski definition) is 4. The van der Waals surface area contributed by atoms with Crippen LogP contribution in [0.1, 0.15) is 39.1 Å².